The lowest BCUT2D eigenvalue weighted by atomic mass is 10.2. The van der Waals surface area contributed by atoms with Crippen LogP contribution < -0.4 is 9.47 Å². The molecule has 0 N–H and O–H groups in total. The second-order valence-corrected chi connectivity index (χ2v) is 7.04. The Bertz CT molecular complexity index is 1270. The monoisotopic (exact) mass is 395 g/mol. The first-order valence-electron chi connectivity index (χ1n) is 9.95. The van der Waals surface area contributed by atoms with E-state index in [9.17, 15) is 0 Å². The van der Waals surface area contributed by atoms with E-state index < -0.39 is 0 Å². The quantitative estimate of drug-likeness (QED) is 0.378. The van der Waals surface area contributed by atoms with E-state index in [1.54, 1.807) is 0 Å². The normalized spacial score (nSPS) is 11.1. The minimum Gasteiger partial charge on any atom is -0.492 e. The van der Waals surface area contributed by atoms with Crippen molar-refractivity contribution in [3.8, 4) is 11.5 Å². The summed E-state index contributed by atoms with van der Waals surface area (Å²) < 4.78 is 13.9. The minimum atomic E-state index is 0.531. The lowest BCUT2D eigenvalue weighted by molar-refractivity contribution is 0.300. The lowest BCUT2D eigenvalue weighted by Gasteiger charge is -2.10. The predicted octanol–water partition coefficient (Wildman–Crippen LogP) is 5.24. The number of benzene rings is 3. The molecule has 0 saturated heterocycles. The molecular weight excluding hydrogens is 374 g/mol. The largest absolute Gasteiger partial charge is 0.492 e. The molecule has 2 aromatic heterocycles. The Balaban J connectivity index is 1.36. The molecule has 0 fully saturated rings. The molecule has 148 valence electrons. The van der Waals surface area contributed by atoms with E-state index >= 15 is 0 Å². The zero-order chi connectivity index (χ0) is 20.2. The van der Waals surface area contributed by atoms with Gasteiger partial charge in [-0.1, -0.05) is 48.5 Å². The fourth-order valence-corrected chi connectivity index (χ4v) is 3.51. The molecule has 5 nitrogen and oxygen atoms in total. The molecule has 0 spiro atoms. The highest BCUT2D eigenvalue weighted by atomic mass is 16.5. The molecular formula is C25H21N3O2. The fraction of sp³-hybridized carbons (Fsp3) is 0.120. The van der Waals surface area contributed by atoms with Gasteiger partial charge < -0.3 is 14.0 Å². The number of ether oxygens (including phenoxy) is 2. The molecule has 0 atom stereocenters. The summed E-state index contributed by atoms with van der Waals surface area (Å²) in [5, 5.41) is 1.05. The summed E-state index contributed by atoms with van der Waals surface area (Å²) in [7, 11) is 0. The summed E-state index contributed by atoms with van der Waals surface area (Å²) in [6.07, 6.45) is 3.66. The molecule has 0 aliphatic rings. The molecule has 0 bridgehead atoms. The van der Waals surface area contributed by atoms with Gasteiger partial charge in [0.2, 0.25) is 0 Å². The van der Waals surface area contributed by atoms with Crippen molar-refractivity contribution in [2.24, 2.45) is 0 Å². The van der Waals surface area contributed by atoms with Crippen LogP contribution in [0.15, 0.2) is 91.4 Å². The summed E-state index contributed by atoms with van der Waals surface area (Å²) in [6.45, 7) is 1.80. The standard InChI is InChI=1S/C25H21N3O2/c1-3-7-19(8-4-1)17-30-21-11-12-22-23(15-21)26-16-24-25(22)28(18-27-24)13-14-29-20-9-5-2-6-10-20/h1-12,15-16,18H,13-14,17H2. The van der Waals surface area contributed by atoms with E-state index in [0.717, 1.165) is 39.0 Å². The molecule has 0 aliphatic heterocycles. The van der Waals surface area contributed by atoms with Crippen LogP contribution in [0.5, 0.6) is 11.5 Å². The van der Waals surface area contributed by atoms with Crippen LogP contribution in [-0.2, 0) is 13.2 Å². The molecule has 5 aromatic rings. The summed E-state index contributed by atoms with van der Waals surface area (Å²) in [5.74, 6) is 1.67. The number of hydrogen-bond donors (Lipinski definition) is 0. The van der Waals surface area contributed by atoms with E-state index in [-0.39, 0.29) is 0 Å². The number of pyridine rings is 1. The van der Waals surface area contributed by atoms with Gasteiger partial charge in [-0.3, -0.25) is 4.98 Å². The van der Waals surface area contributed by atoms with E-state index in [1.807, 2.05) is 73.2 Å². The molecule has 0 radical (unpaired) electrons. The molecule has 5 heteroatoms. The second-order valence-electron chi connectivity index (χ2n) is 7.04. The van der Waals surface area contributed by atoms with Crippen LogP contribution in [0.3, 0.4) is 0 Å². The SMILES string of the molecule is c1ccc(COc2ccc3c(c2)ncc2ncn(CCOc4ccccc4)c23)cc1. The Hall–Kier alpha value is -3.86. The van der Waals surface area contributed by atoms with Gasteiger partial charge in [-0.15, -0.1) is 0 Å². The first-order chi connectivity index (χ1) is 14.9. The van der Waals surface area contributed by atoms with Crippen LogP contribution in [0.1, 0.15) is 5.56 Å². The van der Waals surface area contributed by atoms with Crippen molar-refractivity contribution < 1.29 is 9.47 Å². The topological polar surface area (TPSA) is 49.2 Å². The number of rotatable bonds is 7. The highest BCUT2D eigenvalue weighted by Gasteiger charge is 2.10. The summed E-state index contributed by atoms with van der Waals surface area (Å²) in [4.78, 5) is 9.09. The smallest absolute Gasteiger partial charge is 0.122 e. The Morgan fingerprint density at radius 3 is 2.37 bits per heavy atom. The van der Waals surface area contributed by atoms with Gasteiger partial charge in [0.1, 0.15) is 30.2 Å². The highest BCUT2D eigenvalue weighted by molar-refractivity contribution is 6.02. The lowest BCUT2D eigenvalue weighted by Crippen LogP contribution is -2.07. The van der Waals surface area contributed by atoms with Gasteiger partial charge in [-0.25, -0.2) is 4.98 Å². The summed E-state index contributed by atoms with van der Waals surface area (Å²) >= 11 is 0. The zero-order valence-corrected chi connectivity index (χ0v) is 16.4. The molecule has 30 heavy (non-hydrogen) atoms. The molecule has 0 aliphatic carbocycles. The van der Waals surface area contributed by atoms with Crippen LogP contribution in [0.25, 0.3) is 21.9 Å². The molecule has 2 heterocycles. The highest BCUT2D eigenvalue weighted by Crippen LogP contribution is 2.27. The minimum absolute atomic E-state index is 0.531. The van der Waals surface area contributed by atoms with Crippen LogP contribution >= 0.6 is 0 Å². The maximum atomic E-state index is 5.96. The van der Waals surface area contributed by atoms with E-state index in [0.29, 0.717) is 19.8 Å². The van der Waals surface area contributed by atoms with Gasteiger partial charge in [0.05, 0.1) is 30.1 Å². The van der Waals surface area contributed by atoms with Gasteiger partial charge in [0.25, 0.3) is 0 Å². The molecule has 0 amide bonds. The van der Waals surface area contributed by atoms with Gasteiger partial charge in [-0.2, -0.15) is 0 Å². The van der Waals surface area contributed by atoms with Gasteiger partial charge in [0, 0.05) is 11.5 Å². The summed E-state index contributed by atoms with van der Waals surface area (Å²) in [6, 6.07) is 26.0. The number of aromatic nitrogens is 3. The second kappa shape index (κ2) is 8.25. The van der Waals surface area contributed by atoms with E-state index in [2.05, 4.69) is 32.7 Å². The Kier molecular flexibility index (Phi) is 5.00. The third-order valence-corrected chi connectivity index (χ3v) is 5.01. The van der Waals surface area contributed by atoms with Crippen molar-refractivity contribution in [2.75, 3.05) is 6.61 Å². The van der Waals surface area contributed by atoms with Gasteiger partial charge >= 0.3 is 0 Å². The Labute approximate surface area is 174 Å². The van der Waals surface area contributed by atoms with Crippen molar-refractivity contribution in [1.82, 2.24) is 14.5 Å². The first-order valence-corrected chi connectivity index (χ1v) is 9.95. The number of fused-ring (bicyclic) bond motifs is 3. The van der Waals surface area contributed by atoms with Crippen molar-refractivity contribution in [1.29, 1.82) is 0 Å². The number of imidazole rings is 1. The average Bonchev–Trinajstić information content (AvgIpc) is 3.22. The van der Waals surface area contributed by atoms with Crippen LogP contribution in [0, 0.1) is 0 Å². The van der Waals surface area contributed by atoms with Crippen molar-refractivity contribution in [3.63, 3.8) is 0 Å². The Morgan fingerprint density at radius 1 is 0.733 bits per heavy atom. The third kappa shape index (κ3) is 3.82. The number of hydrogen-bond acceptors (Lipinski definition) is 4. The van der Waals surface area contributed by atoms with Gasteiger partial charge in [0.15, 0.2) is 0 Å². The third-order valence-electron chi connectivity index (χ3n) is 5.01. The van der Waals surface area contributed by atoms with Crippen molar-refractivity contribution in [3.05, 3.63) is 97.0 Å². The molecule has 5 rings (SSSR count). The zero-order valence-electron chi connectivity index (χ0n) is 16.4. The van der Waals surface area contributed by atoms with Crippen LogP contribution in [0.2, 0.25) is 0 Å². The van der Waals surface area contributed by atoms with Crippen LogP contribution in [-0.4, -0.2) is 21.1 Å². The maximum Gasteiger partial charge on any atom is 0.122 e. The van der Waals surface area contributed by atoms with Crippen molar-refractivity contribution >= 4 is 21.9 Å². The fourth-order valence-electron chi connectivity index (χ4n) is 3.51. The average molecular weight is 395 g/mol. The Morgan fingerprint density at radius 2 is 1.53 bits per heavy atom. The van der Waals surface area contributed by atoms with Crippen LogP contribution in [0.4, 0.5) is 0 Å². The maximum absolute atomic E-state index is 5.96. The molecule has 3 aromatic carbocycles. The van der Waals surface area contributed by atoms with E-state index in [1.165, 1.54) is 0 Å². The van der Waals surface area contributed by atoms with E-state index in [4.69, 9.17) is 9.47 Å². The molecule has 0 unspecified atom stereocenters. The first kappa shape index (κ1) is 18.2. The summed E-state index contributed by atoms with van der Waals surface area (Å²) in [5.41, 5.74) is 3.96. The van der Waals surface area contributed by atoms with Crippen molar-refractivity contribution in [2.45, 2.75) is 13.2 Å². The van der Waals surface area contributed by atoms with Gasteiger partial charge in [-0.05, 0) is 29.8 Å². The number of nitrogens with zero attached hydrogens (tertiary/aromatic N) is 3. The number of para-hydroxylation sites is 1. The molecule has 0 saturated carbocycles. The predicted molar refractivity (Wildman–Crippen MR) is 118 cm³/mol.